The summed E-state index contributed by atoms with van der Waals surface area (Å²) in [5, 5.41) is 5.02. The summed E-state index contributed by atoms with van der Waals surface area (Å²) in [6.45, 7) is 8.03. The maximum atomic E-state index is 12.7. The van der Waals surface area contributed by atoms with Crippen LogP contribution >= 0.6 is 11.3 Å². The lowest BCUT2D eigenvalue weighted by atomic mass is 10.1. The van der Waals surface area contributed by atoms with Crippen LogP contribution in [0.3, 0.4) is 0 Å². The molecule has 172 valence electrons. The minimum absolute atomic E-state index is 0.0496. The number of aromatic nitrogens is 1. The predicted octanol–water partition coefficient (Wildman–Crippen LogP) is 3.17. The molecule has 1 N–H and O–H groups in total. The first-order chi connectivity index (χ1) is 15.2. The summed E-state index contributed by atoms with van der Waals surface area (Å²) in [4.78, 5) is 42.2. The molecule has 3 rings (SSSR count). The molecule has 2 aromatic rings. The molecule has 0 unspecified atom stereocenters. The lowest BCUT2D eigenvalue weighted by molar-refractivity contribution is -0.143. The molecule has 1 aliphatic heterocycles. The first-order valence-electron chi connectivity index (χ1n) is 10.3. The number of hydrogen-bond acceptors (Lipinski definition) is 8. The Kier molecular flexibility index (Phi) is 7.34. The van der Waals surface area contributed by atoms with E-state index >= 15 is 0 Å². The van der Waals surface area contributed by atoms with E-state index in [4.69, 9.17) is 14.2 Å². The van der Waals surface area contributed by atoms with Gasteiger partial charge in [0.25, 0.3) is 0 Å². The largest absolute Gasteiger partial charge is 0.490 e. The number of benzene rings is 1. The Morgan fingerprint density at radius 1 is 1.28 bits per heavy atom. The molecule has 2 heterocycles. The quantitative estimate of drug-likeness (QED) is 0.659. The average molecular weight is 462 g/mol. The third kappa shape index (κ3) is 6.19. The van der Waals surface area contributed by atoms with E-state index < -0.39 is 17.7 Å². The van der Waals surface area contributed by atoms with Crippen molar-refractivity contribution in [3.8, 4) is 16.3 Å². The van der Waals surface area contributed by atoms with Gasteiger partial charge in [-0.15, -0.1) is 11.3 Å². The maximum absolute atomic E-state index is 12.7. The summed E-state index contributed by atoms with van der Waals surface area (Å²) in [7, 11) is 0. The van der Waals surface area contributed by atoms with E-state index in [-0.39, 0.29) is 25.5 Å². The highest BCUT2D eigenvalue weighted by molar-refractivity contribution is 7.13. The van der Waals surface area contributed by atoms with Crippen LogP contribution in [0, 0.1) is 0 Å². The predicted molar refractivity (Wildman–Crippen MR) is 120 cm³/mol. The van der Waals surface area contributed by atoms with Gasteiger partial charge in [0.2, 0.25) is 5.91 Å². The Morgan fingerprint density at radius 2 is 2.06 bits per heavy atom. The minimum atomic E-state index is -0.606. The van der Waals surface area contributed by atoms with Crippen molar-refractivity contribution in [2.45, 2.75) is 39.7 Å². The van der Waals surface area contributed by atoms with Crippen LogP contribution in [0.5, 0.6) is 5.75 Å². The molecule has 0 radical (unpaired) electrons. The van der Waals surface area contributed by atoms with Crippen LogP contribution in [0.15, 0.2) is 23.6 Å². The summed E-state index contributed by atoms with van der Waals surface area (Å²) in [6, 6.07) is 5.50. The Bertz CT molecular complexity index is 998. The second-order valence-electron chi connectivity index (χ2n) is 8.07. The van der Waals surface area contributed by atoms with Gasteiger partial charge in [-0.1, -0.05) is 0 Å². The highest BCUT2D eigenvalue weighted by atomic mass is 32.1. The van der Waals surface area contributed by atoms with E-state index in [0.717, 1.165) is 5.56 Å². The maximum Gasteiger partial charge on any atom is 0.415 e. The number of carbonyl (C=O) groups is 3. The Balaban J connectivity index is 1.71. The van der Waals surface area contributed by atoms with Gasteiger partial charge in [-0.2, -0.15) is 0 Å². The Morgan fingerprint density at radius 3 is 2.78 bits per heavy atom. The van der Waals surface area contributed by atoms with E-state index in [0.29, 0.717) is 35.3 Å². The standard InChI is InChI=1S/C22H27N3O6S/c1-5-29-19(27)12-23-18(26)11-15-13-32-20(24-15)14-6-7-17-16(10-14)25(8-9-30-17)21(28)31-22(2,3)4/h6-7,10,13H,5,8-9,11-12H2,1-4H3,(H,23,26). The Hall–Kier alpha value is -3.14. The minimum Gasteiger partial charge on any atom is -0.490 e. The topological polar surface area (TPSA) is 107 Å². The van der Waals surface area contributed by atoms with E-state index in [1.54, 1.807) is 23.3 Å². The van der Waals surface area contributed by atoms with Gasteiger partial charge in [0.15, 0.2) is 0 Å². The van der Waals surface area contributed by atoms with Crippen molar-refractivity contribution in [2.75, 3.05) is 31.2 Å². The van der Waals surface area contributed by atoms with Gasteiger partial charge in [-0.05, 0) is 45.9 Å². The van der Waals surface area contributed by atoms with Crippen LogP contribution in [-0.4, -0.2) is 54.9 Å². The molecule has 0 aliphatic carbocycles. The SMILES string of the molecule is CCOC(=O)CNC(=O)Cc1csc(-c2ccc3c(c2)N(C(=O)OC(C)(C)C)CCO3)n1. The summed E-state index contributed by atoms with van der Waals surface area (Å²) in [6.07, 6.45) is -0.383. The zero-order valence-corrected chi connectivity index (χ0v) is 19.4. The molecular formula is C22H27N3O6S. The van der Waals surface area contributed by atoms with Crippen molar-refractivity contribution in [1.82, 2.24) is 10.3 Å². The van der Waals surface area contributed by atoms with Crippen LogP contribution < -0.4 is 15.0 Å². The summed E-state index contributed by atoms with van der Waals surface area (Å²) in [5.74, 6) is -0.198. The number of nitrogens with zero attached hydrogens (tertiary/aromatic N) is 2. The molecule has 0 fully saturated rings. The fourth-order valence-corrected chi connectivity index (χ4v) is 3.80. The first-order valence-corrected chi connectivity index (χ1v) is 11.2. The fraction of sp³-hybridized carbons (Fsp3) is 0.455. The second kappa shape index (κ2) is 9.99. The molecule has 1 aliphatic rings. The molecule has 32 heavy (non-hydrogen) atoms. The molecule has 0 atom stereocenters. The van der Waals surface area contributed by atoms with Gasteiger partial charge in [0.05, 0.1) is 31.0 Å². The van der Waals surface area contributed by atoms with Gasteiger partial charge in [-0.3, -0.25) is 14.5 Å². The highest BCUT2D eigenvalue weighted by Crippen LogP contribution is 2.37. The van der Waals surface area contributed by atoms with E-state index in [1.165, 1.54) is 11.3 Å². The third-order valence-electron chi connectivity index (χ3n) is 4.31. The molecule has 9 nitrogen and oxygen atoms in total. The third-order valence-corrected chi connectivity index (χ3v) is 5.25. The lowest BCUT2D eigenvalue weighted by Gasteiger charge is -2.31. The number of fused-ring (bicyclic) bond motifs is 1. The highest BCUT2D eigenvalue weighted by Gasteiger charge is 2.28. The van der Waals surface area contributed by atoms with Gasteiger partial charge < -0.3 is 19.5 Å². The van der Waals surface area contributed by atoms with Crippen molar-refractivity contribution in [1.29, 1.82) is 0 Å². The van der Waals surface area contributed by atoms with Crippen LogP contribution in [0.4, 0.5) is 10.5 Å². The monoisotopic (exact) mass is 461 g/mol. The van der Waals surface area contributed by atoms with E-state index in [1.807, 2.05) is 32.9 Å². The Labute approximate surface area is 190 Å². The number of ether oxygens (including phenoxy) is 3. The van der Waals surface area contributed by atoms with Crippen LogP contribution in [0.25, 0.3) is 10.6 Å². The molecule has 0 bridgehead atoms. The number of esters is 1. The van der Waals surface area contributed by atoms with Crippen molar-refractivity contribution >= 4 is 35.0 Å². The van der Waals surface area contributed by atoms with Crippen molar-refractivity contribution in [2.24, 2.45) is 0 Å². The van der Waals surface area contributed by atoms with Crippen LogP contribution in [0.1, 0.15) is 33.4 Å². The van der Waals surface area contributed by atoms with Gasteiger partial charge in [-0.25, -0.2) is 9.78 Å². The molecule has 0 saturated carbocycles. The first kappa shape index (κ1) is 23.5. The average Bonchev–Trinajstić information content (AvgIpc) is 3.19. The molecule has 1 aromatic heterocycles. The van der Waals surface area contributed by atoms with Crippen LogP contribution in [-0.2, 0) is 25.5 Å². The van der Waals surface area contributed by atoms with Gasteiger partial charge in [0, 0.05) is 10.9 Å². The van der Waals surface area contributed by atoms with Crippen LogP contribution in [0.2, 0.25) is 0 Å². The number of carbonyl (C=O) groups excluding carboxylic acids is 3. The second-order valence-corrected chi connectivity index (χ2v) is 8.92. The number of amides is 2. The van der Waals surface area contributed by atoms with Crippen molar-refractivity contribution < 1.29 is 28.6 Å². The number of rotatable bonds is 6. The molecule has 0 spiro atoms. The number of thiazole rings is 1. The fourth-order valence-electron chi connectivity index (χ4n) is 2.99. The zero-order chi connectivity index (χ0) is 23.3. The van der Waals surface area contributed by atoms with Gasteiger partial charge in [0.1, 0.15) is 29.5 Å². The van der Waals surface area contributed by atoms with E-state index in [9.17, 15) is 14.4 Å². The molecular weight excluding hydrogens is 434 g/mol. The lowest BCUT2D eigenvalue weighted by Crippen LogP contribution is -2.41. The summed E-state index contributed by atoms with van der Waals surface area (Å²) < 4.78 is 16.0. The number of nitrogens with one attached hydrogen (secondary N) is 1. The summed E-state index contributed by atoms with van der Waals surface area (Å²) >= 11 is 1.39. The zero-order valence-electron chi connectivity index (χ0n) is 18.6. The smallest absolute Gasteiger partial charge is 0.415 e. The summed E-state index contributed by atoms with van der Waals surface area (Å²) in [5.41, 5.74) is 1.40. The molecule has 1 aromatic carbocycles. The molecule has 2 amide bonds. The van der Waals surface area contributed by atoms with Crippen molar-refractivity contribution in [3.63, 3.8) is 0 Å². The van der Waals surface area contributed by atoms with E-state index in [2.05, 4.69) is 10.3 Å². The molecule has 10 heteroatoms. The number of anilines is 1. The normalized spacial score (nSPS) is 13.1. The van der Waals surface area contributed by atoms with Gasteiger partial charge >= 0.3 is 12.1 Å². The molecule has 0 saturated heterocycles. The van der Waals surface area contributed by atoms with Crippen molar-refractivity contribution in [3.05, 3.63) is 29.3 Å². The number of hydrogen-bond donors (Lipinski definition) is 1.